The summed E-state index contributed by atoms with van der Waals surface area (Å²) in [4.78, 5) is 11.3. The second-order valence-corrected chi connectivity index (χ2v) is 5.74. The number of para-hydroxylation sites is 1. The topological polar surface area (TPSA) is 47.6 Å². The Morgan fingerprint density at radius 2 is 1.83 bits per heavy atom. The highest BCUT2D eigenvalue weighted by molar-refractivity contribution is 5.85. The van der Waals surface area contributed by atoms with E-state index in [1.807, 2.05) is 0 Å². The third kappa shape index (κ3) is 3.48. The van der Waals surface area contributed by atoms with E-state index in [1.54, 1.807) is 23.5 Å². The van der Waals surface area contributed by atoms with E-state index >= 15 is 0 Å². The lowest BCUT2D eigenvalue weighted by molar-refractivity contribution is -0.270. The van der Waals surface area contributed by atoms with Gasteiger partial charge in [-0.25, -0.2) is 0 Å². The summed E-state index contributed by atoms with van der Waals surface area (Å²) in [6, 6.07) is 4.88. The van der Waals surface area contributed by atoms with Crippen LogP contribution in [0.3, 0.4) is 0 Å². The van der Waals surface area contributed by atoms with Gasteiger partial charge in [0.05, 0.1) is 0 Å². The second-order valence-electron chi connectivity index (χ2n) is 5.74. The highest BCUT2D eigenvalue weighted by atomic mass is 19.4. The highest BCUT2D eigenvalue weighted by Gasteiger charge is 2.63. The molecule has 23 heavy (non-hydrogen) atoms. The molecular weight excluding hydrogens is 325 g/mol. The first kappa shape index (κ1) is 17.3. The maximum atomic E-state index is 13.0. The number of ether oxygens (including phenoxy) is 2. The number of carbonyl (C=O) groups excluding carboxylic acids is 1. The van der Waals surface area contributed by atoms with Gasteiger partial charge in [-0.1, -0.05) is 12.1 Å². The van der Waals surface area contributed by atoms with Crippen molar-refractivity contribution in [3.05, 3.63) is 23.8 Å². The second kappa shape index (κ2) is 5.54. The van der Waals surface area contributed by atoms with Crippen LogP contribution in [0.15, 0.2) is 18.2 Å². The number of rotatable bonds is 4. The maximum Gasteiger partial charge on any atom is 0.463 e. The Balaban J connectivity index is 2.14. The molecule has 4 nitrogen and oxygen atoms in total. The summed E-state index contributed by atoms with van der Waals surface area (Å²) in [5, 5.41) is 1.74. The molecule has 1 aliphatic rings. The van der Waals surface area contributed by atoms with Crippen LogP contribution in [-0.2, 0) is 11.2 Å². The predicted molar refractivity (Wildman–Crippen MR) is 69.5 cm³/mol. The number of hydrogen-bond acceptors (Lipinski definition) is 3. The van der Waals surface area contributed by atoms with Crippen LogP contribution in [0.4, 0.5) is 22.0 Å². The van der Waals surface area contributed by atoms with Crippen LogP contribution < -0.4 is 14.8 Å². The lowest BCUT2D eigenvalue weighted by Crippen LogP contribution is -2.56. The number of benzene rings is 1. The lowest BCUT2D eigenvalue weighted by Gasteiger charge is -2.29. The van der Waals surface area contributed by atoms with Crippen LogP contribution in [0.5, 0.6) is 11.5 Å². The van der Waals surface area contributed by atoms with Crippen LogP contribution in [-0.4, -0.2) is 30.3 Å². The van der Waals surface area contributed by atoms with E-state index in [0.717, 1.165) is 0 Å². The molecule has 1 N–H and O–H groups in total. The predicted octanol–water partition coefficient (Wildman–Crippen LogP) is 3.05. The Bertz CT molecular complexity index is 613. The molecule has 1 aromatic rings. The Morgan fingerprint density at radius 3 is 2.43 bits per heavy atom. The van der Waals surface area contributed by atoms with Gasteiger partial charge in [0.15, 0.2) is 11.5 Å². The molecule has 0 aliphatic carbocycles. The van der Waals surface area contributed by atoms with E-state index in [0.29, 0.717) is 17.1 Å². The molecule has 1 heterocycles. The van der Waals surface area contributed by atoms with Gasteiger partial charge in [-0.2, -0.15) is 22.0 Å². The molecule has 0 unspecified atom stereocenters. The van der Waals surface area contributed by atoms with Gasteiger partial charge in [0.1, 0.15) is 0 Å². The standard InChI is InChI=1S/C14H14F5NO3/c1-12(2,20-11(21)13(15,16)14(17,18)19)6-8-4-3-5-9-10(8)23-7-22-9/h3-5H,6-7H2,1-2H3,(H,20,21). The van der Waals surface area contributed by atoms with Gasteiger partial charge in [0.25, 0.3) is 0 Å². The van der Waals surface area contributed by atoms with Crippen molar-refractivity contribution in [2.45, 2.75) is 37.9 Å². The van der Waals surface area contributed by atoms with Crippen molar-refractivity contribution in [3.63, 3.8) is 0 Å². The average Bonchev–Trinajstić information content (AvgIpc) is 2.85. The van der Waals surface area contributed by atoms with E-state index in [4.69, 9.17) is 9.47 Å². The molecule has 0 spiro atoms. The number of halogens is 5. The minimum Gasteiger partial charge on any atom is -0.454 e. The van der Waals surface area contributed by atoms with Crippen LogP contribution in [0.2, 0.25) is 0 Å². The van der Waals surface area contributed by atoms with Crippen molar-refractivity contribution >= 4 is 5.91 Å². The van der Waals surface area contributed by atoms with E-state index in [1.165, 1.54) is 13.8 Å². The zero-order valence-corrected chi connectivity index (χ0v) is 12.3. The Morgan fingerprint density at radius 1 is 1.17 bits per heavy atom. The van der Waals surface area contributed by atoms with Crippen LogP contribution in [0.1, 0.15) is 19.4 Å². The zero-order valence-electron chi connectivity index (χ0n) is 12.3. The summed E-state index contributed by atoms with van der Waals surface area (Å²) in [6.45, 7) is 2.67. The first-order chi connectivity index (χ1) is 10.4. The largest absolute Gasteiger partial charge is 0.463 e. The van der Waals surface area contributed by atoms with Crippen molar-refractivity contribution in [1.82, 2.24) is 5.32 Å². The van der Waals surface area contributed by atoms with Gasteiger partial charge in [-0.3, -0.25) is 4.79 Å². The van der Waals surface area contributed by atoms with Crippen molar-refractivity contribution in [1.29, 1.82) is 0 Å². The molecule has 0 bridgehead atoms. The minimum absolute atomic E-state index is 0.00865. The third-order valence-corrected chi connectivity index (χ3v) is 3.20. The Hall–Kier alpha value is -2.06. The Labute approximate surface area is 128 Å². The monoisotopic (exact) mass is 339 g/mol. The van der Waals surface area contributed by atoms with Gasteiger partial charge >= 0.3 is 18.0 Å². The normalized spacial score (nSPS) is 14.7. The van der Waals surface area contributed by atoms with Gasteiger partial charge < -0.3 is 14.8 Å². The SMILES string of the molecule is CC(C)(Cc1cccc2c1OCO2)NC(=O)C(F)(F)C(F)(F)F. The fraction of sp³-hybridized carbons (Fsp3) is 0.500. The molecule has 128 valence electrons. The molecule has 0 saturated carbocycles. The molecule has 2 rings (SSSR count). The lowest BCUT2D eigenvalue weighted by atomic mass is 9.93. The van der Waals surface area contributed by atoms with Gasteiger partial charge in [0, 0.05) is 11.1 Å². The van der Waals surface area contributed by atoms with Crippen molar-refractivity contribution in [3.8, 4) is 11.5 Å². The van der Waals surface area contributed by atoms with Crippen LogP contribution in [0, 0.1) is 0 Å². The van der Waals surface area contributed by atoms with Crippen molar-refractivity contribution < 1.29 is 36.2 Å². The molecule has 0 radical (unpaired) electrons. The van der Waals surface area contributed by atoms with Gasteiger partial charge in [0.2, 0.25) is 6.79 Å². The Kier molecular flexibility index (Phi) is 4.16. The molecule has 9 heteroatoms. The number of alkyl halides is 5. The fourth-order valence-electron chi connectivity index (χ4n) is 2.16. The number of fused-ring (bicyclic) bond motifs is 1. The maximum absolute atomic E-state index is 13.0. The number of amides is 1. The smallest absolute Gasteiger partial charge is 0.454 e. The number of carbonyl (C=O) groups is 1. The van der Waals surface area contributed by atoms with Crippen molar-refractivity contribution in [2.75, 3.05) is 6.79 Å². The molecule has 1 aromatic carbocycles. The summed E-state index contributed by atoms with van der Waals surface area (Å²) >= 11 is 0. The van der Waals surface area contributed by atoms with E-state index in [2.05, 4.69) is 0 Å². The zero-order chi connectivity index (χ0) is 17.5. The number of nitrogens with one attached hydrogen (secondary N) is 1. The van der Waals surface area contributed by atoms with E-state index in [9.17, 15) is 26.7 Å². The molecule has 1 amide bonds. The van der Waals surface area contributed by atoms with Gasteiger partial charge in [-0.15, -0.1) is 0 Å². The highest BCUT2D eigenvalue weighted by Crippen LogP contribution is 2.38. The molecule has 0 atom stereocenters. The van der Waals surface area contributed by atoms with Crippen LogP contribution in [0.25, 0.3) is 0 Å². The number of hydrogen-bond donors (Lipinski definition) is 1. The molecule has 0 saturated heterocycles. The summed E-state index contributed by atoms with van der Waals surface area (Å²) in [7, 11) is 0. The fourth-order valence-corrected chi connectivity index (χ4v) is 2.16. The summed E-state index contributed by atoms with van der Waals surface area (Å²) < 4.78 is 73.1. The molecule has 1 aliphatic heterocycles. The minimum atomic E-state index is -5.95. The summed E-state index contributed by atoms with van der Waals surface area (Å²) in [5.41, 5.74) is -0.826. The first-order valence-electron chi connectivity index (χ1n) is 6.59. The molecular formula is C14H14F5NO3. The van der Waals surface area contributed by atoms with Crippen LogP contribution >= 0.6 is 0 Å². The van der Waals surface area contributed by atoms with E-state index in [-0.39, 0.29) is 13.2 Å². The van der Waals surface area contributed by atoms with E-state index < -0.39 is 23.5 Å². The quantitative estimate of drug-likeness (QED) is 0.858. The first-order valence-corrected chi connectivity index (χ1v) is 6.59. The van der Waals surface area contributed by atoms with Crippen molar-refractivity contribution in [2.24, 2.45) is 0 Å². The summed E-state index contributed by atoms with van der Waals surface area (Å²) in [6.07, 6.45) is -5.96. The third-order valence-electron chi connectivity index (χ3n) is 3.20. The average molecular weight is 339 g/mol. The van der Waals surface area contributed by atoms with Gasteiger partial charge in [-0.05, 0) is 26.3 Å². The summed E-state index contributed by atoms with van der Waals surface area (Å²) in [5.74, 6) is -7.01. The molecule has 0 fully saturated rings. The molecule has 0 aromatic heterocycles.